The first-order valence-corrected chi connectivity index (χ1v) is 7.72. The van der Waals surface area contributed by atoms with E-state index in [4.69, 9.17) is 16.3 Å². The number of halogens is 1. The molecule has 0 bridgehead atoms. The number of amides is 1. The van der Waals surface area contributed by atoms with Gasteiger partial charge in [-0.25, -0.2) is 0 Å². The SMILES string of the molecule is CC(=O)c1ccc(OCCCC(=O)Nc2ccccc2Cl)cc1. The van der Waals surface area contributed by atoms with Crippen LogP contribution >= 0.6 is 11.6 Å². The summed E-state index contributed by atoms with van der Waals surface area (Å²) >= 11 is 5.98. The Hall–Kier alpha value is -2.33. The minimum atomic E-state index is -0.103. The largest absolute Gasteiger partial charge is 0.494 e. The molecule has 2 rings (SSSR count). The Morgan fingerprint density at radius 1 is 1.09 bits per heavy atom. The highest BCUT2D eigenvalue weighted by Gasteiger charge is 2.05. The first kappa shape index (κ1) is 17.0. The number of Topliss-reactive ketones (excluding diaryl/α,β-unsaturated/α-hetero) is 1. The van der Waals surface area contributed by atoms with E-state index in [0.717, 1.165) is 0 Å². The zero-order chi connectivity index (χ0) is 16.7. The summed E-state index contributed by atoms with van der Waals surface area (Å²) < 4.78 is 5.55. The molecule has 0 atom stereocenters. The van der Waals surface area contributed by atoms with Crippen molar-refractivity contribution in [1.29, 1.82) is 0 Å². The molecule has 5 heteroatoms. The van der Waals surface area contributed by atoms with E-state index in [2.05, 4.69) is 5.32 Å². The number of rotatable bonds is 7. The lowest BCUT2D eigenvalue weighted by atomic mass is 10.1. The maximum atomic E-state index is 11.8. The normalized spacial score (nSPS) is 10.2. The number of carbonyl (C=O) groups is 2. The van der Waals surface area contributed by atoms with Crippen molar-refractivity contribution in [2.24, 2.45) is 0 Å². The molecule has 0 radical (unpaired) electrons. The molecule has 0 saturated heterocycles. The molecule has 2 aromatic carbocycles. The molecule has 0 unspecified atom stereocenters. The average Bonchev–Trinajstić information content (AvgIpc) is 2.54. The first-order valence-electron chi connectivity index (χ1n) is 7.34. The number of hydrogen-bond acceptors (Lipinski definition) is 3. The van der Waals surface area contributed by atoms with Gasteiger partial charge in [0.1, 0.15) is 5.75 Å². The minimum Gasteiger partial charge on any atom is -0.494 e. The van der Waals surface area contributed by atoms with Crippen LogP contribution < -0.4 is 10.1 Å². The zero-order valence-electron chi connectivity index (χ0n) is 12.8. The van der Waals surface area contributed by atoms with Gasteiger partial charge in [0.05, 0.1) is 17.3 Å². The van der Waals surface area contributed by atoms with Crippen molar-refractivity contribution in [3.63, 3.8) is 0 Å². The quantitative estimate of drug-likeness (QED) is 0.606. The molecule has 0 saturated carbocycles. The van der Waals surface area contributed by atoms with Crippen LogP contribution in [-0.2, 0) is 4.79 Å². The van der Waals surface area contributed by atoms with Gasteiger partial charge in [-0.2, -0.15) is 0 Å². The fourth-order valence-corrected chi connectivity index (χ4v) is 2.17. The Morgan fingerprint density at radius 3 is 2.43 bits per heavy atom. The van der Waals surface area contributed by atoms with Crippen molar-refractivity contribution in [1.82, 2.24) is 0 Å². The van der Waals surface area contributed by atoms with Gasteiger partial charge in [-0.3, -0.25) is 9.59 Å². The van der Waals surface area contributed by atoms with E-state index in [9.17, 15) is 9.59 Å². The Kier molecular flexibility index (Phi) is 6.18. The average molecular weight is 332 g/mol. The van der Waals surface area contributed by atoms with Gasteiger partial charge in [-0.05, 0) is 49.7 Å². The number of benzene rings is 2. The van der Waals surface area contributed by atoms with Crippen molar-refractivity contribution < 1.29 is 14.3 Å². The first-order chi connectivity index (χ1) is 11.1. The topological polar surface area (TPSA) is 55.4 Å². The number of nitrogens with one attached hydrogen (secondary N) is 1. The van der Waals surface area contributed by atoms with E-state index < -0.39 is 0 Å². The molecule has 0 heterocycles. The van der Waals surface area contributed by atoms with Crippen LogP contribution in [0.15, 0.2) is 48.5 Å². The zero-order valence-corrected chi connectivity index (χ0v) is 13.6. The van der Waals surface area contributed by atoms with Crippen LogP contribution in [-0.4, -0.2) is 18.3 Å². The van der Waals surface area contributed by atoms with Crippen LogP contribution in [0.25, 0.3) is 0 Å². The molecule has 23 heavy (non-hydrogen) atoms. The van der Waals surface area contributed by atoms with Gasteiger partial charge < -0.3 is 10.1 Å². The summed E-state index contributed by atoms with van der Waals surface area (Å²) in [7, 11) is 0. The number of ketones is 1. The van der Waals surface area contributed by atoms with E-state index in [1.165, 1.54) is 6.92 Å². The molecule has 0 fully saturated rings. The monoisotopic (exact) mass is 331 g/mol. The number of para-hydroxylation sites is 1. The molecule has 0 aliphatic carbocycles. The molecule has 4 nitrogen and oxygen atoms in total. The summed E-state index contributed by atoms with van der Waals surface area (Å²) in [6.07, 6.45) is 0.932. The van der Waals surface area contributed by atoms with Crippen LogP contribution in [0.2, 0.25) is 5.02 Å². The fourth-order valence-electron chi connectivity index (χ4n) is 1.98. The van der Waals surface area contributed by atoms with Crippen LogP contribution in [0.5, 0.6) is 5.75 Å². The fraction of sp³-hybridized carbons (Fsp3) is 0.222. The third kappa shape index (κ3) is 5.42. The molecule has 0 aliphatic heterocycles. The highest BCUT2D eigenvalue weighted by molar-refractivity contribution is 6.33. The lowest BCUT2D eigenvalue weighted by Crippen LogP contribution is -2.13. The highest BCUT2D eigenvalue weighted by atomic mass is 35.5. The predicted molar refractivity (Wildman–Crippen MR) is 91.3 cm³/mol. The standard InChI is InChI=1S/C18H18ClNO3/c1-13(21)14-8-10-15(11-9-14)23-12-4-7-18(22)20-17-6-3-2-5-16(17)19/h2-3,5-6,8-11H,4,7,12H2,1H3,(H,20,22). The van der Waals surface area contributed by atoms with Crippen LogP contribution in [0, 0.1) is 0 Å². The number of anilines is 1. The molecule has 1 N–H and O–H groups in total. The number of hydrogen-bond donors (Lipinski definition) is 1. The Labute approximate surface area is 140 Å². The Bertz CT molecular complexity index is 683. The van der Waals surface area contributed by atoms with Gasteiger partial charge in [0, 0.05) is 12.0 Å². The number of ether oxygens (including phenoxy) is 1. The van der Waals surface area contributed by atoms with Gasteiger partial charge in [0.15, 0.2) is 5.78 Å². The molecule has 2 aromatic rings. The highest BCUT2D eigenvalue weighted by Crippen LogP contribution is 2.20. The lowest BCUT2D eigenvalue weighted by Gasteiger charge is -2.08. The van der Waals surface area contributed by atoms with Crippen molar-refractivity contribution in [3.05, 3.63) is 59.1 Å². The molecular formula is C18H18ClNO3. The second-order valence-corrected chi connectivity index (χ2v) is 5.47. The molecular weight excluding hydrogens is 314 g/mol. The third-order valence-corrected chi connectivity index (χ3v) is 3.56. The third-order valence-electron chi connectivity index (χ3n) is 3.23. The lowest BCUT2D eigenvalue weighted by molar-refractivity contribution is -0.116. The van der Waals surface area contributed by atoms with Crippen molar-refractivity contribution in [2.45, 2.75) is 19.8 Å². The summed E-state index contributed by atoms with van der Waals surface area (Å²) in [6, 6.07) is 14.1. The maximum Gasteiger partial charge on any atom is 0.224 e. The van der Waals surface area contributed by atoms with Gasteiger partial charge >= 0.3 is 0 Å². The molecule has 0 spiro atoms. The van der Waals surface area contributed by atoms with E-state index in [0.29, 0.717) is 41.5 Å². The van der Waals surface area contributed by atoms with E-state index in [-0.39, 0.29) is 11.7 Å². The summed E-state index contributed by atoms with van der Waals surface area (Å²) in [6.45, 7) is 1.95. The Morgan fingerprint density at radius 2 is 1.78 bits per heavy atom. The summed E-state index contributed by atoms with van der Waals surface area (Å²) in [4.78, 5) is 23.0. The Balaban J connectivity index is 1.71. The minimum absolute atomic E-state index is 0.0211. The van der Waals surface area contributed by atoms with Gasteiger partial charge in [-0.1, -0.05) is 23.7 Å². The summed E-state index contributed by atoms with van der Waals surface area (Å²) in [5, 5.41) is 3.28. The summed E-state index contributed by atoms with van der Waals surface area (Å²) in [5.41, 5.74) is 1.26. The van der Waals surface area contributed by atoms with Crippen molar-refractivity contribution in [3.8, 4) is 5.75 Å². The van der Waals surface area contributed by atoms with Crippen LogP contribution in [0.4, 0.5) is 5.69 Å². The number of carbonyl (C=O) groups excluding carboxylic acids is 2. The smallest absolute Gasteiger partial charge is 0.224 e. The predicted octanol–water partition coefficient (Wildman–Crippen LogP) is 4.34. The van der Waals surface area contributed by atoms with Gasteiger partial charge in [0.25, 0.3) is 0 Å². The van der Waals surface area contributed by atoms with Crippen LogP contribution in [0.3, 0.4) is 0 Å². The van der Waals surface area contributed by atoms with Gasteiger partial charge in [-0.15, -0.1) is 0 Å². The van der Waals surface area contributed by atoms with E-state index in [1.807, 2.05) is 12.1 Å². The van der Waals surface area contributed by atoms with Crippen LogP contribution in [0.1, 0.15) is 30.1 Å². The summed E-state index contributed by atoms with van der Waals surface area (Å²) in [5.74, 6) is 0.600. The van der Waals surface area contributed by atoms with E-state index in [1.54, 1.807) is 36.4 Å². The second kappa shape index (κ2) is 8.34. The molecule has 1 amide bonds. The molecule has 0 aliphatic rings. The second-order valence-electron chi connectivity index (χ2n) is 5.06. The van der Waals surface area contributed by atoms with Crippen molar-refractivity contribution >= 4 is 29.0 Å². The molecule has 0 aromatic heterocycles. The van der Waals surface area contributed by atoms with E-state index >= 15 is 0 Å². The molecule has 120 valence electrons. The maximum absolute atomic E-state index is 11.8. The van der Waals surface area contributed by atoms with Crippen molar-refractivity contribution in [2.75, 3.05) is 11.9 Å². The van der Waals surface area contributed by atoms with Gasteiger partial charge in [0.2, 0.25) is 5.91 Å².